The van der Waals surface area contributed by atoms with E-state index in [4.69, 9.17) is 5.53 Å². The molecule has 0 aromatic heterocycles. The van der Waals surface area contributed by atoms with E-state index in [1.165, 1.54) is 0 Å². The summed E-state index contributed by atoms with van der Waals surface area (Å²) in [7, 11) is 0. The molecule has 1 aromatic carbocycles. The smallest absolute Gasteiger partial charge is 0.162 e. The average Bonchev–Trinajstić information content (AvgIpc) is 2.27. The van der Waals surface area contributed by atoms with Crippen molar-refractivity contribution < 1.29 is 4.79 Å². The van der Waals surface area contributed by atoms with E-state index in [0.29, 0.717) is 18.4 Å². The van der Waals surface area contributed by atoms with Crippen molar-refractivity contribution in [2.75, 3.05) is 0 Å². The van der Waals surface area contributed by atoms with Gasteiger partial charge < -0.3 is 0 Å². The van der Waals surface area contributed by atoms with Gasteiger partial charge in [-0.3, -0.25) is 4.79 Å². The Bertz CT molecular complexity index is 406. The van der Waals surface area contributed by atoms with Crippen LogP contribution in [0.5, 0.6) is 0 Å². The van der Waals surface area contributed by atoms with E-state index < -0.39 is 5.54 Å². The average molecular weight is 217 g/mol. The van der Waals surface area contributed by atoms with Gasteiger partial charge in [-0.2, -0.15) is 0 Å². The number of azide groups is 1. The van der Waals surface area contributed by atoms with Crippen LogP contribution in [0.25, 0.3) is 10.4 Å². The number of hydrogen-bond acceptors (Lipinski definition) is 2. The zero-order chi connectivity index (χ0) is 12.0. The summed E-state index contributed by atoms with van der Waals surface area (Å²) in [6.07, 6.45) is 0.959. The van der Waals surface area contributed by atoms with Gasteiger partial charge in [0.1, 0.15) is 0 Å². The summed E-state index contributed by atoms with van der Waals surface area (Å²) in [6.45, 7) is 3.65. The molecule has 0 fully saturated rings. The first-order valence-corrected chi connectivity index (χ1v) is 5.20. The van der Waals surface area contributed by atoms with E-state index in [2.05, 4.69) is 10.0 Å². The second-order valence-corrected chi connectivity index (χ2v) is 4.29. The first kappa shape index (κ1) is 12.3. The van der Waals surface area contributed by atoms with Crippen molar-refractivity contribution in [3.05, 3.63) is 46.3 Å². The summed E-state index contributed by atoms with van der Waals surface area (Å²) in [6, 6.07) is 9.14. The van der Waals surface area contributed by atoms with Crippen molar-refractivity contribution in [1.82, 2.24) is 0 Å². The van der Waals surface area contributed by atoms with Gasteiger partial charge in [0.25, 0.3) is 0 Å². The Morgan fingerprint density at radius 3 is 2.56 bits per heavy atom. The van der Waals surface area contributed by atoms with Crippen LogP contribution < -0.4 is 0 Å². The van der Waals surface area contributed by atoms with Gasteiger partial charge in [0.2, 0.25) is 0 Å². The van der Waals surface area contributed by atoms with Gasteiger partial charge in [-0.1, -0.05) is 49.3 Å². The van der Waals surface area contributed by atoms with Crippen LogP contribution in [0, 0.1) is 0 Å². The van der Waals surface area contributed by atoms with Gasteiger partial charge in [0.15, 0.2) is 5.78 Å². The van der Waals surface area contributed by atoms with E-state index in [9.17, 15) is 4.79 Å². The minimum Gasteiger partial charge on any atom is -0.294 e. The molecule has 4 nitrogen and oxygen atoms in total. The Hall–Kier alpha value is -1.80. The van der Waals surface area contributed by atoms with Gasteiger partial charge in [0, 0.05) is 22.4 Å². The van der Waals surface area contributed by atoms with Crippen LogP contribution in [0.3, 0.4) is 0 Å². The van der Waals surface area contributed by atoms with Crippen LogP contribution in [0.1, 0.15) is 37.0 Å². The largest absolute Gasteiger partial charge is 0.294 e. The van der Waals surface area contributed by atoms with Crippen molar-refractivity contribution in [1.29, 1.82) is 0 Å². The Kier molecular flexibility index (Phi) is 4.09. The number of hydrogen-bond donors (Lipinski definition) is 0. The molecular weight excluding hydrogens is 202 g/mol. The second kappa shape index (κ2) is 5.33. The zero-order valence-electron chi connectivity index (χ0n) is 9.55. The Labute approximate surface area is 94.9 Å². The molecule has 4 heteroatoms. The van der Waals surface area contributed by atoms with Crippen LogP contribution in [-0.4, -0.2) is 11.3 Å². The first-order chi connectivity index (χ1) is 7.55. The van der Waals surface area contributed by atoms with Crippen molar-refractivity contribution in [3.8, 4) is 0 Å². The molecule has 0 aliphatic rings. The maximum Gasteiger partial charge on any atom is 0.162 e. The van der Waals surface area contributed by atoms with Gasteiger partial charge in [0.05, 0.1) is 0 Å². The topological polar surface area (TPSA) is 65.8 Å². The minimum atomic E-state index is -0.501. The van der Waals surface area contributed by atoms with Crippen LogP contribution >= 0.6 is 0 Å². The van der Waals surface area contributed by atoms with Gasteiger partial charge in [-0.15, -0.1) is 0 Å². The molecule has 0 atom stereocenters. The van der Waals surface area contributed by atoms with Crippen molar-refractivity contribution in [3.63, 3.8) is 0 Å². The Morgan fingerprint density at radius 2 is 2.00 bits per heavy atom. The Morgan fingerprint density at radius 1 is 1.38 bits per heavy atom. The molecule has 0 aliphatic heterocycles. The summed E-state index contributed by atoms with van der Waals surface area (Å²) >= 11 is 0. The van der Waals surface area contributed by atoms with Gasteiger partial charge in [-0.25, -0.2) is 0 Å². The molecule has 0 saturated heterocycles. The molecule has 0 amide bonds. The standard InChI is InChI=1S/C12H15N3O/c1-12(2,14-15-13)9-8-11(16)10-6-4-3-5-7-10/h3-7H,8-9H2,1-2H3. The van der Waals surface area contributed by atoms with E-state index >= 15 is 0 Å². The molecular formula is C12H15N3O. The van der Waals surface area contributed by atoms with E-state index in [1.807, 2.05) is 32.0 Å². The molecule has 0 bridgehead atoms. The maximum absolute atomic E-state index is 11.8. The zero-order valence-corrected chi connectivity index (χ0v) is 9.55. The van der Waals surface area contributed by atoms with Crippen molar-refractivity contribution in [2.45, 2.75) is 32.2 Å². The van der Waals surface area contributed by atoms with E-state index in [-0.39, 0.29) is 5.78 Å². The number of carbonyl (C=O) groups excluding carboxylic acids is 1. The third-order valence-electron chi connectivity index (χ3n) is 2.38. The fourth-order valence-corrected chi connectivity index (χ4v) is 1.36. The lowest BCUT2D eigenvalue weighted by atomic mass is 9.96. The lowest BCUT2D eigenvalue weighted by Gasteiger charge is -2.16. The monoisotopic (exact) mass is 217 g/mol. The molecule has 1 aromatic rings. The fraction of sp³-hybridized carbons (Fsp3) is 0.417. The number of nitrogens with zero attached hydrogens (tertiary/aromatic N) is 3. The summed E-state index contributed by atoms with van der Waals surface area (Å²) in [5.74, 6) is 0.0850. The first-order valence-electron chi connectivity index (χ1n) is 5.20. The SMILES string of the molecule is CC(C)(CCC(=O)c1ccccc1)N=[N+]=[N-]. The van der Waals surface area contributed by atoms with E-state index in [1.54, 1.807) is 12.1 Å². The van der Waals surface area contributed by atoms with Crippen LogP contribution in [0.4, 0.5) is 0 Å². The molecule has 0 unspecified atom stereocenters. The number of Topliss-reactive ketones (excluding diaryl/α,β-unsaturated/α-hetero) is 1. The minimum absolute atomic E-state index is 0.0850. The molecule has 0 aliphatic carbocycles. The van der Waals surface area contributed by atoms with Crippen LogP contribution in [0.15, 0.2) is 35.4 Å². The molecule has 16 heavy (non-hydrogen) atoms. The lowest BCUT2D eigenvalue weighted by molar-refractivity contribution is 0.0972. The predicted octanol–water partition coefficient (Wildman–Crippen LogP) is 3.74. The third-order valence-corrected chi connectivity index (χ3v) is 2.38. The highest BCUT2D eigenvalue weighted by Crippen LogP contribution is 2.18. The predicted molar refractivity (Wildman–Crippen MR) is 63.2 cm³/mol. The van der Waals surface area contributed by atoms with E-state index in [0.717, 1.165) is 0 Å². The molecule has 0 radical (unpaired) electrons. The quantitative estimate of drug-likeness (QED) is 0.320. The summed E-state index contributed by atoms with van der Waals surface area (Å²) in [5, 5.41) is 3.65. The molecule has 84 valence electrons. The van der Waals surface area contributed by atoms with Crippen molar-refractivity contribution >= 4 is 5.78 Å². The normalized spacial score (nSPS) is 10.6. The molecule has 0 saturated carbocycles. The summed E-state index contributed by atoms with van der Waals surface area (Å²) in [4.78, 5) is 14.5. The highest BCUT2D eigenvalue weighted by Gasteiger charge is 2.17. The Balaban J connectivity index is 2.57. The number of carbonyl (C=O) groups is 1. The summed E-state index contributed by atoms with van der Waals surface area (Å²) < 4.78 is 0. The molecule has 0 spiro atoms. The highest BCUT2D eigenvalue weighted by atomic mass is 16.1. The summed E-state index contributed by atoms with van der Waals surface area (Å²) in [5.41, 5.74) is 8.56. The van der Waals surface area contributed by atoms with Gasteiger partial charge in [-0.05, 0) is 12.0 Å². The highest BCUT2D eigenvalue weighted by molar-refractivity contribution is 5.96. The number of benzene rings is 1. The fourth-order valence-electron chi connectivity index (χ4n) is 1.36. The van der Waals surface area contributed by atoms with Gasteiger partial charge >= 0.3 is 0 Å². The third kappa shape index (κ3) is 3.75. The lowest BCUT2D eigenvalue weighted by Crippen LogP contribution is -2.17. The van der Waals surface area contributed by atoms with Crippen LogP contribution in [-0.2, 0) is 0 Å². The number of ketones is 1. The molecule has 0 N–H and O–H groups in total. The second-order valence-electron chi connectivity index (χ2n) is 4.29. The molecule has 0 heterocycles. The van der Waals surface area contributed by atoms with Crippen molar-refractivity contribution in [2.24, 2.45) is 5.11 Å². The van der Waals surface area contributed by atoms with Crippen LogP contribution in [0.2, 0.25) is 0 Å². The maximum atomic E-state index is 11.8. The number of rotatable bonds is 5. The molecule has 1 rings (SSSR count).